The Bertz CT molecular complexity index is 157. The molecule has 0 amide bonds. The van der Waals surface area contributed by atoms with E-state index < -0.39 is 12.4 Å². The Morgan fingerprint density at radius 3 is 2.50 bits per heavy atom. The van der Waals surface area contributed by atoms with Crippen LogP contribution in [-0.4, -0.2) is 36.0 Å². The molecule has 12 heavy (non-hydrogen) atoms. The van der Waals surface area contributed by atoms with Crippen LogP contribution in [0.2, 0.25) is 0 Å². The lowest BCUT2D eigenvalue weighted by Crippen LogP contribution is -2.10. The van der Waals surface area contributed by atoms with E-state index in [-0.39, 0.29) is 18.8 Å². The van der Waals surface area contributed by atoms with Crippen LogP contribution in [0.4, 0.5) is 0 Å². The molecule has 1 N–H and O–H groups in total. The van der Waals surface area contributed by atoms with Crippen LogP contribution in [0.3, 0.4) is 0 Å². The second kappa shape index (κ2) is 7.06. The lowest BCUT2D eigenvalue weighted by molar-refractivity contribution is -0.140. The second-order valence-corrected chi connectivity index (χ2v) is 2.54. The third kappa shape index (κ3) is 7.50. The number of carboxylic acid groups (broad SMARTS) is 1. The van der Waals surface area contributed by atoms with Gasteiger partial charge in [0.15, 0.2) is 0 Å². The third-order valence-corrected chi connectivity index (χ3v) is 1.25. The van der Waals surface area contributed by atoms with E-state index in [1.54, 1.807) is 0 Å². The zero-order valence-corrected chi connectivity index (χ0v) is 7.34. The summed E-state index contributed by atoms with van der Waals surface area (Å²) in [5, 5.41) is 8.20. The first-order valence-corrected chi connectivity index (χ1v) is 4.07. The number of Topliss-reactive ketones (excluding diaryl/α,β-unsaturated/α-hetero) is 1. The first kappa shape index (κ1) is 11.4. The fraction of sp³-hybridized carbons (Fsp3) is 0.714. The van der Waals surface area contributed by atoms with Crippen molar-refractivity contribution in [1.29, 1.82) is 0 Å². The van der Waals surface area contributed by atoms with E-state index in [9.17, 15) is 9.59 Å². The largest absolute Gasteiger partial charge is 0.481 e. The number of ether oxygens (including phenoxy) is 1. The van der Waals surface area contributed by atoms with Crippen molar-refractivity contribution in [2.75, 3.05) is 19.1 Å². The van der Waals surface area contributed by atoms with Crippen LogP contribution in [0.25, 0.3) is 0 Å². The molecule has 0 aliphatic rings. The highest BCUT2D eigenvalue weighted by molar-refractivity contribution is 6.17. The quantitative estimate of drug-likeness (QED) is 0.368. The molecule has 0 radical (unpaired) electrons. The van der Waals surface area contributed by atoms with Crippen molar-refractivity contribution in [3.05, 3.63) is 0 Å². The first-order valence-electron chi connectivity index (χ1n) is 3.54. The Morgan fingerprint density at radius 1 is 1.33 bits per heavy atom. The number of carboxylic acids is 1. The molecule has 4 nitrogen and oxygen atoms in total. The molecule has 0 aromatic heterocycles. The van der Waals surface area contributed by atoms with Crippen LogP contribution >= 0.6 is 11.6 Å². The highest BCUT2D eigenvalue weighted by atomic mass is 35.5. The van der Waals surface area contributed by atoms with Gasteiger partial charge >= 0.3 is 5.97 Å². The van der Waals surface area contributed by atoms with E-state index >= 15 is 0 Å². The Morgan fingerprint density at radius 2 is 2.00 bits per heavy atom. The normalized spacial score (nSPS) is 9.75. The molecule has 0 spiro atoms. The van der Waals surface area contributed by atoms with Gasteiger partial charge in [-0.3, -0.25) is 9.59 Å². The third-order valence-electron chi connectivity index (χ3n) is 1.10. The van der Waals surface area contributed by atoms with Crippen LogP contribution in [0.5, 0.6) is 0 Å². The summed E-state index contributed by atoms with van der Waals surface area (Å²) in [6, 6.07) is 0. The van der Waals surface area contributed by atoms with Crippen molar-refractivity contribution in [3.63, 3.8) is 0 Å². The van der Waals surface area contributed by atoms with Crippen LogP contribution in [-0.2, 0) is 14.3 Å². The molecule has 0 rings (SSSR count). The van der Waals surface area contributed by atoms with Gasteiger partial charge in [0.2, 0.25) is 0 Å². The topological polar surface area (TPSA) is 63.6 Å². The van der Waals surface area contributed by atoms with Gasteiger partial charge in [0.1, 0.15) is 12.2 Å². The van der Waals surface area contributed by atoms with E-state index in [0.717, 1.165) is 0 Å². The number of hydrogen-bond donors (Lipinski definition) is 1. The van der Waals surface area contributed by atoms with E-state index in [4.69, 9.17) is 21.4 Å². The summed E-state index contributed by atoms with van der Waals surface area (Å²) in [7, 11) is 0. The minimum absolute atomic E-state index is 0.142. The molecule has 0 aromatic rings. The standard InChI is InChI=1S/C7H11ClO4/c8-2-4-12-3-1-6(9)5-7(10)11/h1-5H2,(H,10,11). The molecule has 0 saturated carbocycles. The molecule has 0 aromatic carbocycles. The average Bonchev–Trinajstić information content (AvgIpc) is 1.97. The highest BCUT2D eigenvalue weighted by Crippen LogP contribution is 1.91. The number of carbonyl (C=O) groups excluding carboxylic acids is 1. The molecule has 0 aliphatic heterocycles. The maximum absolute atomic E-state index is 10.7. The number of ketones is 1. The molecule has 0 saturated heterocycles. The minimum atomic E-state index is -1.10. The second-order valence-electron chi connectivity index (χ2n) is 2.16. The Hall–Kier alpha value is -0.610. The van der Waals surface area contributed by atoms with Gasteiger partial charge in [0, 0.05) is 12.3 Å². The predicted molar refractivity (Wildman–Crippen MR) is 43.4 cm³/mol. The summed E-state index contributed by atoms with van der Waals surface area (Å²) in [5.41, 5.74) is 0. The minimum Gasteiger partial charge on any atom is -0.481 e. The number of carbonyl (C=O) groups is 2. The van der Waals surface area contributed by atoms with Crippen molar-refractivity contribution in [2.45, 2.75) is 12.8 Å². The zero-order valence-electron chi connectivity index (χ0n) is 6.59. The van der Waals surface area contributed by atoms with Crippen LogP contribution in [0, 0.1) is 0 Å². The fourth-order valence-electron chi connectivity index (χ4n) is 0.600. The van der Waals surface area contributed by atoms with Crippen molar-refractivity contribution >= 4 is 23.4 Å². The monoisotopic (exact) mass is 194 g/mol. The van der Waals surface area contributed by atoms with Crippen molar-refractivity contribution < 1.29 is 19.4 Å². The Kier molecular flexibility index (Phi) is 6.70. The van der Waals surface area contributed by atoms with Gasteiger partial charge in [-0.1, -0.05) is 0 Å². The molecule has 0 aliphatic carbocycles. The SMILES string of the molecule is O=C(O)CC(=O)CCOCCCl. The van der Waals surface area contributed by atoms with Crippen LogP contribution in [0.1, 0.15) is 12.8 Å². The smallest absolute Gasteiger partial charge is 0.310 e. The van der Waals surface area contributed by atoms with E-state index in [1.165, 1.54) is 0 Å². The summed E-state index contributed by atoms with van der Waals surface area (Å²) in [5.74, 6) is -1.04. The van der Waals surface area contributed by atoms with Crippen LogP contribution in [0.15, 0.2) is 0 Å². The summed E-state index contributed by atoms with van der Waals surface area (Å²) in [6.07, 6.45) is -0.284. The number of aliphatic carboxylic acids is 1. The van der Waals surface area contributed by atoms with E-state index in [1.807, 2.05) is 0 Å². The molecular formula is C7H11ClO4. The van der Waals surface area contributed by atoms with Crippen LogP contribution < -0.4 is 0 Å². The maximum Gasteiger partial charge on any atom is 0.310 e. The van der Waals surface area contributed by atoms with Gasteiger partial charge in [-0.25, -0.2) is 0 Å². The van der Waals surface area contributed by atoms with Gasteiger partial charge in [-0.2, -0.15) is 0 Å². The molecule has 70 valence electrons. The summed E-state index contributed by atoms with van der Waals surface area (Å²) >= 11 is 5.30. The van der Waals surface area contributed by atoms with Gasteiger partial charge < -0.3 is 9.84 Å². The summed E-state index contributed by atoms with van der Waals surface area (Å²) in [4.78, 5) is 20.7. The molecule has 0 fully saturated rings. The van der Waals surface area contributed by atoms with Crippen molar-refractivity contribution in [1.82, 2.24) is 0 Å². The highest BCUT2D eigenvalue weighted by Gasteiger charge is 2.06. The predicted octanol–water partition coefficient (Wildman–Crippen LogP) is 0.676. The Balaban J connectivity index is 3.26. The average molecular weight is 195 g/mol. The molecule has 0 bridgehead atoms. The first-order chi connectivity index (χ1) is 5.66. The molecule has 0 unspecified atom stereocenters. The summed E-state index contributed by atoms with van der Waals surface area (Å²) < 4.78 is 4.89. The Labute approximate surface area is 75.5 Å². The van der Waals surface area contributed by atoms with Gasteiger partial charge in [-0.15, -0.1) is 11.6 Å². The van der Waals surface area contributed by atoms with Crippen molar-refractivity contribution in [3.8, 4) is 0 Å². The van der Waals surface area contributed by atoms with Gasteiger partial charge in [0.05, 0.1) is 13.2 Å². The summed E-state index contributed by atoms with van der Waals surface area (Å²) in [6.45, 7) is 0.640. The van der Waals surface area contributed by atoms with Gasteiger partial charge in [-0.05, 0) is 0 Å². The number of alkyl halides is 1. The molecular weight excluding hydrogens is 184 g/mol. The van der Waals surface area contributed by atoms with E-state index in [0.29, 0.717) is 12.5 Å². The molecule has 0 atom stereocenters. The lowest BCUT2D eigenvalue weighted by atomic mass is 10.2. The maximum atomic E-state index is 10.7. The number of halogens is 1. The van der Waals surface area contributed by atoms with E-state index in [2.05, 4.69) is 0 Å². The number of rotatable bonds is 7. The fourth-order valence-corrected chi connectivity index (χ4v) is 0.709. The number of hydrogen-bond acceptors (Lipinski definition) is 3. The lowest BCUT2D eigenvalue weighted by Gasteiger charge is -1.99. The molecule has 0 heterocycles. The zero-order chi connectivity index (χ0) is 9.40. The van der Waals surface area contributed by atoms with Crippen molar-refractivity contribution in [2.24, 2.45) is 0 Å². The molecule has 5 heteroatoms. The van der Waals surface area contributed by atoms with Gasteiger partial charge in [0.25, 0.3) is 0 Å².